The van der Waals surface area contributed by atoms with E-state index in [1.807, 2.05) is 29.2 Å². The summed E-state index contributed by atoms with van der Waals surface area (Å²) in [6.45, 7) is 5.07. The van der Waals surface area contributed by atoms with Gasteiger partial charge in [-0.05, 0) is 54.8 Å². The third-order valence-corrected chi connectivity index (χ3v) is 4.55. The molecule has 0 aliphatic carbocycles. The van der Waals surface area contributed by atoms with Crippen LogP contribution in [0, 0.1) is 11.3 Å². The van der Waals surface area contributed by atoms with Crippen molar-refractivity contribution >= 4 is 11.7 Å². The van der Waals surface area contributed by atoms with E-state index in [1.165, 1.54) is 5.56 Å². The van der Waals surface area contributed by atoms with Gasteiger partial charge in [0.05, 0.1) is 11.6 Å². The molecule has 1 aliphatic heterocycles. The fourth-order valence-corrected chi connectivity index (χ4v) is 3.18. The third-order valence-electron chi connectivity index (χ3n) is 4.55. The fraction of sp³-hybridized carbons (Fsp3) is 0.250. The first-order chi connectivity index (χ1) is 12.2. The van der Waals surface area contributed by atoms with E-state index in [2.05, 4.69) is 22.9 Å². The SMILES string of the molecule is C=CNc1cc(C(=O)N2CCC(c3ccc(C#N)cc3)CC2)ccn1. The third kappa shape index (κ3) is 3.86. The second kappa shape index (κ2) is 7.63. The summed E-state index contributed by atoms with van der Waals surface area (Å²) in [5.74, 6) is 1.09. The van der Waals surface area contributed by atoms with Crippen LogP contribution < -0.4 is 5.32 Å². The number of amides is 1. The molecule has 1 saturated heterocycles. The largest absolute Gasteiger partial charge is 0.347 e. The summed E-state index contributed by atoms with van der Waals surface area (Å²) < 4.78 is 0. The summed E-state index contributed by atoms with van der Waals surface area (Å²) in [7, 11) is 0. The van der Waals surface area contributed by atoms with Gasteiger partial charge < -0.3 is 10.2 Å². The van der Waals surface area contributed by atoms with Crippen molar-refractivity contribution in [2.45, 2.75) is 18.8 Å². The molecule has 5 nitrogen and oxygen atoms in total. The van der Waals surface area contributed by atoms with Crippen molar-refractivity contribution in [1.82, 2.24) is 9.88 Å². The molecule has 0 unspecified atom stereocenters. The summed E-state index contributed by atoms with van der Waals surface area (Å²) in [4.78, 5) is 18.7. The summed E-state index contributed by atoms with van der Waals surface area (Å²) in [5, 5.41) is 11.8. The lowest BCUT2D eigenvalue weighted by Gasteiger charge is -2.32. The number of nitrogens with zero attached hydrogens (tertiary/aromatic N) is 3. The molecule has 0 spiro atoms. The monoisotopic (exact) mass is 332 g/mol. The Hall–Kier alpha value is -3.13. The summed E-state index contributed by atoms with van der Waals surface area (Å²) >= 11 is 0. The number of nitriles is 1. The van der Waals surface area contributed by atoms with Crippen LogP contribution in [0.5, 0.6) is 0 Å². The number of rotatable bonds is 4. The van der Waals surface area contributed by atoms with Crippen LogP contribution in [0.2, 0.25) is 0 Å². The van der Waals surface area contributed by atoms with Crippen molar-refractivity contribution in [3.05, 3.63) is 72.1 Å². The number of pyridine rings is 1. The Morgan fingerprint density at radius 2 is 2.00 bits per heavy atom. The lowest BCUT2D eigenvalue weighted by molar-refractivity contribution is 0.0713. The van der Waals surface area contributed by atoms with Crippen LogP contribution in [0.4, 0.5) is 5.82 Å². The van der Waals surface area contributed by atoms with E-state index in [0.717, 1.165) is 25.9 Å². The van der Waals surface area contributed by atoms with Crippen LogP contribution >= 0.6 is 0 Å². The Morgan fingerprint density at radius 3 is 2.64 bits per heavy atom. The van der Waals surface area contributed by atoms with E-state index in [0.29, 0.717) is 22.9 Å². The fourth-order valence-electron chi connectivity index (χ4n) is 3.18. The molecule has 0 saturated carbocycles. The molecule has 1 N–H and O–H groups in total. The van der Waals surface area contributed by atoms with Gasteiger partial charge in [-0.25, -0.2) is 4.98 Å². The molecule has 1 amide bonds. The minimum absolute atomic E-state index is 0.0350. The lowest BCUT2D eigenvalue weighted by atomic mass is 9.89. The van der Waals surface area contributed by atoms with Crippen molar-refractivity contribution in [2.24, 2.45) is 0 Å². The Balaban J connectivity index is 1.63. The van der Waals surface area contributed by atoms with E-state index >= 15 is 0 Å². The maximum Gasteiger partial charge on any atom is 0.254 e. The van der Waals surface area contributed by atoms with Crippen molar-refractivity contribution in [3.8, 4) is 6.07 Å². The quantitative estimate of drug-likeness (QED) is 0.930. The second-order valence-corrected chi connectivity index (χ2v) is 6.08. The van der Waals surface area contributed by atoms with Gasteiger partial charge in [0.2, 0.25) is 0 Å². The van der Waals surface area contributed by atoms with E-state index in [1.54, 1.807) is 24.5 Å². The lowest BCUT2D eigenvalue weighted by Crippen LogP contribution is -2.37. The molecule has 1 fully saturated rings. The normalized spacial score (nSPS) is 14.6. The summed E-state index contributed by atoms with van der Waals surface area (Å²) in [5.41, 5.74) is 2.56. The van der Waals surface area contributed by atoms with Gasteiger partial charge in [-0.15, -0.1) is 0 Å². The first-order valence-corrected chi connectivity index (χ1v) is 8.34. The highest BCUT2D eigenvalue weighted by Crippen LogP contribution is 2.29. The molecule has 1 aliphatic rings. The number of aromatic nitrogens is 1. The number of carbonyl (C=O) groups excluding carboxylic acids is 1. The van der Waals surface area contributed by atoms with E-state index in [9.17, 15) is 4.79 Å². The highest BCUT2D eigenvalue weighted by Gasteiger charge is 2.24. The van der Waals surface area contributed by atoms with E-state index < -0.39 is 0 Å². The molecule has 126 valence electrons. The molecule has 5 heteroatoms. The standard InChI is InChI=1S/C20H20N4O/c1-2-22-19-13-18(7-10-23-19)20(25)24-11-8-17(9-12-24)16-5-3-15(14-21)4-6-16/h2-7,10,13,17H,1,8-9,11-12H2,(H,22,23). The predicted octanol–water partition coefficient (Wildman–Crippen LogP) is 3.53. The van der Waals surface area contributed by atoms with Gasteiger partial charge in [0, 0.05) is 24.8 Å². The average Bonchev–Trinajstić information content (AvgIpc) is 2.68. The van der Waals surface area contributed by atoms with Gasteiger partial charge in [-0.3, -0.25) is 4.79 Å². The summed E-state index contributed by atoms with van der Waals surface area (Å²) in [6, 6.07) is 13.4. The molecule has 25 heavy (non-hydrogen) atoms. The molecule has 2 heterocycles. The zero-order valence-corrected chi connectivity index (χ0v) is 14.0. The first kappa shape index (κ1) is 16.7. The Bertz CT molecular complexity index is 799. The summed E-state index contributed by atoms with van der Waals surface area (Å²) in [6.07, 6.45) is 5.03. The molecule has 1 aromatic carbocycles. The predicted molar refractivity (Wildman–Crippen MR) is 97.1 cm³/mol. The van der Waals surface area contributed by atoms with Crippen LogP contribution in [-0.4, -0.2) is 28.9 Å². The number of hydrogen-bond donors (Lipinski definition) is 1. The van der Waals surface area contributed by atoms with Crippen LogP contribution in [0.25, 0.3) is 0 Å². The molecule has 2 aromatic rings. The first-order valence-electron chi connectivity index (χ1n) is 8.34. The number of hydrogen-bond acceptors (Lipinski definition) is 4. The van der Waals surface area contributed by atoms with Crippen LogP contribution in [0.3, 0.4) is 0 Å². The smallest absolute Gasteiger partial charge is 0.254 e. The highest BCUT2D eigenvalue weighted by molar-refractivity contribution is 5.94. The topological polar surface area (TPSA) is 69.0 Å². The Labute approximate surface area is 147 Å². The van der Waals surface area contributed by atoms with Gasteiger partial charge >= 0.3 is 0 Å². The number of anilines is 1. The minimum atomic E-state index is 0.0350. The van der Waals surface area contributed by atoms with Crippen LogP contribution in [-0.2, 0) is 0 Å². The van der Waals surface area contributed by atoms with Gasteiger partial charge in [0.15, 0.2) is 0 Å². The average molecular weight is 332 g/mol. The van der Waals surface area contributed by atoms with Crippen molar-refractivity contribution < 1.29 is 4.79 Å². The molecular formula is C20H20N4O. The zero-order chi connectivity index (χ0) is 17.6. The van der Waals surface area contributed by atoms with Gasteiger partial charge in [-0.1, -0.05) is 18.7 Å². The molecular weight excluding hydrogens is 312 g/mol. The second-order valence-electron chi connectivity index (χ2n) is 6.08. The molecule has 0 bridgehead atoms. The van der Waals surface area contributed by atoms with Crippen LogP contribution in [0.15, 0.2) is 55.4 Å². The highest BCUT2D eigenvalue weighted by atomic mass is 16.2. The van der Waals surface area contributed by atoms with Crippen molar-refractivity contribution in [3.63, 3.8) is 0 Å². The van der Waals surface area contributed by atoms with E-state index in [4.69, 9.17) is 5.26 Å². The molecule has 0 atom stereocenters. The molecule has 0 radical (unpaired) electrons. The van der Waals surface area contributed by atoms with Crippen molar-refractivity contribution in [1.29, 1.82) is 5.26 Å². The molecule has 3 rings (SSSR count). The molecule has 1 aromatic heterocycles. The number of piperidine rings is 1. The number of benzene rings is 1. The minimum Gasteiger partial charge on any atom is -0.347 e. The van der Waals surface area contributed by atoms with Crippen LogP contribution in [0.1, 0.15) is 40.2 Å². The number of nitrogens with one attached hydrogen (secondary N) is 1. The van der Waals surface area contributed by atoms with Crippen molar-refractivity contribution in [2.75, 3.05) is 18.4 Å². The van der Waals surface area contributed by atoms with Gasteiger partial charge in [-0.2, -0.15) is 5.26 Å². The van der Waals surface area contributed by atoms with Gasteiger partial charge in [0.1, 0.15) is 5.82 Å². The van der Waals surface area contributed by atoms with Gasteiger partial charge in [0.25, 0.3) is 5.91 Å². The zero-order valence-electron chi connectivity index (χ0n) is 14.0. The Kier molecular flexibility index (Phi) is 5.10. The number of carbonyl (C=O) groups is 1. The van der Waals surface area contributed by atoms with E-state index in [-0.39, 0.29) is 5.91 Å². The Morgan fingerprint density at radius 1 is 1.28 bits per heavy atom. The maximum atomic E-state index is 12.7. The number of likely N-dealkylation sites (tertiary alicyclic amines) is 1. The maximum absolute atomic E-state index is 12.7.